The third-order valence-corrected chi connectivity index (χ3v) is 5.50. The number of likely N-dealkylation sites (tertiary alicyclic amines) is 1. The van der Waals surface area contributed by atoms with Crippen molar-refractivity contribution in [3.63, 3.8) is 0 Å². The number of carbonyl (C=O) groups is 2. The fraction of sp³-hybridized carbons (Fsp3) is 0.417. The van der Waals surface area contributed by atoms with E-state index in [0.29, 0.717) is 25.4 Å². The predicted octanol–water partition coefficient (Wildman–Crippen LogP) is 4.54. The van der Waals surface area contributed by atoms with Crippen molar-refractivity contribution in [1.82, 2.24) is 4.90 Å². The highest BCUT2D eigenvalue weighted by Gasteiger charge is 2.27. The molecule has 1 saturated heterocycles. The van der Waals surface area contributed by atoms with Crippen LogP contribution in [0.3, 0.4) is 0 Å². The first-order chi connectivity index (χ1) is 13.4. The molecular formula is C24H30N2O2. The zero-order valence-electron chi connectivity index (χ0n) is 17.1. The monoisotopic (exact) mass is 378 g/mol. The van der Waals surface area contributed by atoms with Crippen LogP contribution in [0.5, 0.6) is 0 Å². The summed E-state index contributed by atoms with van der Waals surface area (Å²) in [5, 5.41) is 3.03. The van der Waals surface area contributed by atoms with Crippen LogP contribution >= 0.6 is 0 Å². The minimum atomic E-state index is -0.0344. The molecule has 2 aromatic rings. The number of hydrogen-bond acceptors (Lipinski definition) is 2. The molecule has 0 spiro atoms. The van der Waals surface area contributed by atoms with Gasteiger partial charge in [0.25, 0.3) is 0 Å². The summed E-state index contributed by atoms with van der Waals surface area (Å²) in [5.41, 5.74) is 4.32. The maximum absolute atomic E-state index is 12.6. The Kier molecular flexibility index (Phi) is 6.50. The first kappa shape index (κ1) is 20.1. The average molecular weight is 379 g/mol. The first-order valence-electron chi connectivity index (χ1n) is 10.2. The van der Waals surface area contributed by atoms with Gasteiger partial charge in [0.15, 0.2) is 0 Å². The standard InChI is InChI=1S/C24H30N2O2/c1-17(2)20-7-9-22(10-8-20)25-24(28)21-11-13-26(14-12-21)23(27)16-19-6-4-5-18(3)15-19/h4-10,15,17,21H,11-14,16H2,1-3H3,(H,25,28). The Morgan fingerprint density at radius 2 is 1.75 bits per heavy atom. The number of aryl methyl sites for hydroxylation is 1. The van der Waals surface area contributed by atoms with Crippen LogP contribution in [-0.2, 0) is 16.0 Å². The molecule has 1 N–H and O–H groups in total. The van der Waals surface area contributed by atoms with Gasteiger partial charge in [-0.15, -0.1) is 0 Å². The van der Waals surface area contributed by atoms with Crippen LogP contribution in [0, 0.1) is 12.8 Å². The van der Waals surface area contributed by atoms with Gasteiger partial charge in [0.2, 0.25) is 11.8 Å². The lowest BCUT2D eigenvalue weighted by Crippen LogP contribution is -2.42. The van der Waals surface area contributed by atoms with Crippen LogP contribution < -0.4 is 5.32 Å². The van der Waals surface area contributed by atoms with Crippen molar-refractivity contribution < 1.29 is 9.59 Å². The molecule has 1 heterocycles. The molecule has 28 heavy (non-hydrogen) atoms. The molecule has 0 atom stereocenters. The van der Waals surface area contributed by atoms with E-state index in [1.165, 1.54) is 11.1 Å². The lowest BCUT2D eigenvalue weighted by atomic mass is 9.95. The highest BCUT2D eigenvalue weighted by atomic mass is 16.2. The van der Waals surface area contributed by atoms with E-state index in [1.807, 2.05) is 42.2 Å². The van der Waals surface area contributed by atoms with Crippen LogP contribution in [-0.4, -0.2) is 29.8 Å². The summed E-state index contributed by atoms with van der Waals surface area (Å²) in [7, 11) is 0. The van der Waals surface area contributed by atoms with Crippen molar-refractivity contribution in [3.8, 4) is 0 Å². The average Bonchev–Trinajstić information content (AvgIpc) is 2.68. The molecular weight excluding hydrogens is 348 g/mol. The maximum Gasteiger partial charge on any atom is 0.227 e. The normalized spacial score (nSPS) is 14.9. The van der Waals surface area contributed by atoms with Gasteiger partial charge in [-0.1, -0.05) is 55.8 Å². The Hall–Kier alpha value is -2.62. The zero-order chi connectivity index (χ0) is 20.1. The number of carbonyl (C=O) groups excluding carboxylic acids is 2. The van der Waals surface area contributed by atoms with Crippen molar-refractivity contribution in [1.29, 1.82) is 0 Å². The van der Waals surface area contributed by atoms with E-state index < -0.39 is 0 Å². The Labute approximate surface area is 167 Å². The third kappa shape index (κ3) is 5.22. The summed E-state index contributed by atoms with van der Waals surface area (Å²) in [6.45, 7) is 7.64. The van der Waals surface area contributed by atoms with Crippen LogP contribution in [0.15, 0.2) is 48.5 Å². The fourth-order valence-corrected chi connectivity index (χ4v) is 3.70. The molecule has 148 valence electrons. The van der Waals surface area contributed by atoms with E-state index in [-0.39, 0.29) is 17.7 Å². The fourth-order valence-electron chi connectivity index (χ4n) is 3.70. The van der Waals surface area contributed by atoms with Crippen molar-refractivity contribution in [3.05, 3.63) is 65.2 Å². The number of piperidine rings is 1. The van der Waals surface area contributed by atoms with E-state index in [2.05, 4.69) is 37.4 Å². The smallest absolute Gasteiger partial charge is 0.227 e. The summed E-state index contributed by atoms with van der Waals surface area (Å²) in [6.07, 6.45) is 1.87. The minimum absolute atomic E-state index is 0.0344. The van der Waals surface area contributed by atoms with Gasteiger partial charge in [-0.05, 0) is 48.9 Å². The van der Waals surface area contributed by atoms with Gasteiger partial charge >= 0.3 is 0 Å². The number of benzene rings is 2. The van der Waals surface area contributed by atoms with Crippen LogP contribution in [0.1, 0.15) is 49.3 Å². The van der Waals surface area contributed by atoms with Crippen molar-refractivity contribution in [2.45, 2.75) is 46.0 Å². The van der Waals surface area contributed by atoms with Gasteiger partial charge in [0.05, 0.1) is 6.42 Å². The quantitative estimate of drug-likeness (QED) is 0.830. The summed E-state index contributed by atoms with van der Waals surface area (Å²) in [4.78, 5) is 27.0. The number of nitrogens with one attached hydrogen (secondary N) is 1. The largest absolute Gasteiger partial charge is 0.342 e. The van der Waals surface area contributed by atoms with E-state index in [1.54, 1.807) is 0 Å². The molecule has 0 unspecified atom stereocenters. The van der Waals surface area contributed by atoms with Crippen molar-refractivity contribution in [2.75, 3.05) is 18.4 Å². The Morgan fingerprint density at radius 1 is 1.07 bits per heavy atom. The van der Waals surface area contributed by atoms with E-state index in [9.17, 15) is 9.59 Å². The van der Waals surface area contributed by atoms with E-state index in [0.717, 1.165) is 24.1 Å². The van der Waals surface area contributed by atoms with E-state index >= 15 is 0 Å². The molecule has 1 aliphatic rings. The number of nitrogens with zero attached hydrogens (tertiary/aromatic N) is 1. The molecule has 1 aliphatic heterocycles. The number of hydrogen-bond donors (Lipinski definition) is 1. The third-order valence-electron chi connectivity index (χ3n) is 5.50. The number of rotatable bonds is 5. The minimum Gasteiger partial charge on any atom is -0.342 e. The second kappa shape index (κ2) is 9.05. The summed E-state index contributed by atoms with van der Waals surface area (Å²) in [6, 6.07) is 16.1. The molecule has 4 nitrogen and oxygen atoms in total. The maximum atomic E-state index is 12.6. The van der Waals surface area contributed by atoms with Crippen LogP contribution in [0.25, 0.3) is 0 Å². The molecule has 0 bridgehead atoms. The van der Waals surface area contributed by atoms with Crippen molar-refractivity contribution >= 4 is 17.5 Å². The number of amides is 2. The van der Waals surface area contributed by atoms with Gasteiger partial charge in [-0.3, -0.25) is 9.59 Å². The van der Waals surface area contributed by atoms with Gasteiger partial charge < -0.3 is 10.2 Å². The molecule has 4 heteroatoms. The van der Waals surface area contributed by atoms with Gasteiger partial charge in [-0.2, -0.15) is 0 Å². The Bertz CT molecular complexity index is 819. The van der Waals surface area contributed by atoms with Gasteiger partial charge in [0, 0.05) is 24.7 Å². The van der Waals surface area contributed by atoms with Crippen LogP contribution in [0.4, 0.5) is 5.69 Å². The lowest BCUT2D eigenvalue weighted by molar-refractivity contribution is -0.133. The molecule has 2 aromatic carbocycles. The molecule has 0 aromatic heterocycles. The highest BCUT2D eigenvalue weighted by molar-refractivity contribution is 5.92. The second-order valence-corrected chi connectivity index (χ2v) is 8.09. The van der Waals surface area contributed by atoms with Crippen LogP contribution in [0.2, 0.25) is 0 Å². The predicted molar refractivity (Wildman–Crippen MR) is 113 cm³/mol. The molecule has 0 saturated carbocycles. The summed E-state index contributed by atoms with van der Waals surface area (Å²) >= 11 is 0. The SMILES string of the molecule is Cc1cccc(CC(=O)N2CCC(C(=O)Nc3ccc(C(C)C)cc3)CC2)c1. The second-order valence-electron chi connectivity index (χ2n) is 8.09. The molecule has 3 rings (SSSR count). The lowest BCUT2D eigenvalue weighted by Gasteiger charge is -2.31. The van der Waals surface area contributed by atoms with Gasteiger partial charge in [-0.25, -0.2) is 0 Å². The topological polar surface area (TPSA) is 49.4 Å². The van der Waals surface area contributed by atoms with Gasteiger partial charge in [0.1, 0.15) is 0 Å². The molecule has 2 amide bonds. The highest BCUT2D eigenvalue weighted by Crippen LogP contribution is 2.22. The molecule has 1 fully saturated rings. The Morgan fingerprint density at radius 3 is 2.36 bits per heavy atom. The molecule has 0 radical (unpaired) electrons. The van der Waals surface area contributed by atoms with E-state index in [4.69, 9.17) is 0 Å². The number of anilines is 1. The van der Waals surface area contributed by atoms with Crippen molar-refractivity contribution in [2.24, 2.45) is 5.92 Å². The summed E-state index contributed by atoms with van der Waals surface area (Å²) < 4.78 is 0. The molecule has 0 aliphatic carbocycles. The zero-order valence-corrected chi connectivity index (χ0v) is 17.1. The summed E-state index contributed by atoms with van der Waals surface area (Å²) in [5.74, 6) is 0.649. The Balaban J connectivity index is 1.48. The first-order valence-corrected chi connectivity index (χ1v) is 10.2.